The van der Waals surface area contributed by atoms with E-state index >= 15 is 0 Å². The minimum atomic E-state index is -0.910. The van der Waals surface area contributed by atoms with Gasteiger partial charge in [-0.2, -0.15) is 0 Å². The highest BCUT2D eigenvalue weighted by Gasteiger charge is 2.28. The second-order valence-electron chi connectivity index (χ2n) is 5.08. The second kappa shape index (κ2) is 5.65. The van der Waals surface area contributed by atoms with E-state index in [9.17, 15) is 13.6 Å². The van der Waals surface area contributed by atoms with Crippen molar-refractivity contribution in [3.8, 4) is 0 Å². The van der Waals surface area contributed by atoms with Gasteiger partial charge in [-0.1, -0.05) is 6.07 Å². The highest BCUT2D eigenvalue weighted by molar-refractivity contribution is 5.79. The molecule has 1 heterocycles. The topological polar surface area (TPSA) is 32.3 Å². The fraction of sp³-hybridized carbons (Fsp3) is 0.500. The number of halogens is 2. The Morgan fingerprint density at radius 2 is 1.89 bits per heavy atom. The minimum absolute atomic E-state index is 0.0486. The van der Waals surface area contributed by atoms with E-state index in [1.54, 1.807) is 0 Å². The molecule has 2 atom stereocenters. The maximum Gasteiger partial charge on any atom is 0.227 e. The summed E-state index contributed by atoms with van der Waals surface area (Å²) in [6.07, 6.45) is 0.103. The first kappa shape index (κ1) is 13.9. The Labute approximate surface area is 111 Å². The molecule has 19 heavy (non-hydrogen) atoms. The number of benzene rings is 1. The Morgan fingerprint density at radius 1 is 1.26 bits per heavy atom. The summed E-state index contributed by atoms with van der Waals surface area (Å²) < 4.78 is 26.0. The van der Waals surface area contributed by atoms with E-state index in [4.69, 9.17) is 0 Å². The number of piperazine rings is 1. The maximum atomic E-state index is 13.1. The summed E-state index contributed by atoms with van der Waals surface area (Å²) in [6, 6.07) is 3.82. The molecule has 5 heteroatoms. The van der Waals surface area contributed by atoms with E-state index in [0.717, 1.165) is 25.2 Å². The predicted octanol–water partition coefficient (Wildman–Crippen LogP) is 1.72. The van der Waals surface area contributed by atoms with Gasteiger partial charge in [-0.25, -0.2) is 8.78 Å². The van der Waals surface area contributed by atoms with E-state index in [2.05, 4.69) is 5.32 Å². The zero-order valence-corrected chi connectivity index (χ0v) is 11.1. The number of nitrogens with one attached hydrogen (secondary N) is 1. The first-order valence-corrected chi connectivity index (χ1v) is 6.45. The molecule has 0 bridgehead atoms. The van der Waals surface area contributed by atoms with Crippen molar-refractivity contribution in [1.82, 2.24) is 10.2 Å². The van der Waals surface area contributed by atoms with Crippen LogP contribution in [-0.2, 0) is 11.2 Å². The molecule has 0 saturated carbocycles. The van der Waals surface area contributed by atoms with E-state index in [1.807, 2.05) is 18.7 Å². The maximum absolute atomic E-state index is 13.1. The number of nitrogens with zero attached hydrogens (tertiary/aromatic N) is 1. The number of carbonyl (C=O) groups excluding carboxylic acids is 1. The van der Waals surface area contributed by atoms with Crippen molar-refractivity contribution in [2.75, 3.05) is 13.1 Å². The summed E-state index contributed by atoms with van der Waals surface area (Å²) >= 11 is 0. The van der Waals surface area contributed by atoms with Gasteiger partial charge in [0.15, 0.2) is 11.6 Å². The zero-order chi connectivity index (χ0) is 14.0. The first-order chi connectivity index (χ1) is 8.99. The molecule has 1 aromatic carbocycles. The third kappa shape index (κ3) is 3.10. The summed E-state index contributed by atoms with van der Waals surface area (Å²) in [5.74, 6) is -1.85. The van der Waals surface area contributed by atoms with Crippen molar-refractivity contribution in [3.05, 3.63) is 35.4 Å². The predicted molar refractivity (Wildman–Crippen MR) is 68.7 cm³/mol. The van der Waals surface area contributed by atoms with Crippen LogP contribution >= 0.6 is 0 Å². The molecule has 1 aliphatic heterocycles. The molecule has 104 valence electrons. The van der Waals surface area contributed by atoms with Gasteiger partial charge in [0.2, 0.25) is 5.91 Å². The van der Waals surface area contributed by atoms with Crippen molar-refractivity contribution < 1.29 is 13.6 Å². The van der Waals surface area contributed by atoms with E-state index in [-0.39, 0.29) is 24.4 Å². The van der Waals surface area contributed by atoms with Crippen molar-refractivity contribution >= 4 is 5.91 Å². The Bertz CT molecular complexity index is 469. The van der Waals surface area contributed by atoms with Gasteiger partial charge >= 0.3 is 0 Å². The summed E-state index contributed by atoms with van der Waals surface area (Å²) in [7, 11) is 0. The molecule has 2 rings (SSSR count). The lowest BCUT2D eigenvalue weighted by Crippen LogP contribution is -2.57. The first-order valence-electron chi connectivity index (χ1n) is 6.45. The largest absolute Gasteiger partial charge is 0.334 e. The second-order valence-corrected chi connectivity index (χ2v) is 5.08. The van der Waals surface area contributed by atoms with Gasteiger partial charge in [-0.15, -0.1) is 0 Å². The fourth-order valence-corrected chi connectivity index (χ4v) is 2.54. The molecule has 0 radical (unpaired) electrons. The molecule has 1 fully saturated rings. The lowest BCUT2D eigenvalue weighted by molar-refractivity contribution is -0.135. The van der Waals surface area contributed by atoms with Gasteiger partial charge in [-0.3, -0.25) is 4.79 Å². The molecule has 3 nitrogen and oxygen atoms in total. The Balaban J connectivity index is 2.09. The normalized spacial score (nSPS) is 23.5. The van der Waals surface area contributed by atoms with Gasteiger partial charge in [0, 0.05) is 25.2 Å². The molecule has 0 aliphatic carbocycles. The zero-order valence-electron chi connectivity index (χ0n) is 11.1. The van der Waals surface area contributed by atoms with E-state index in [0.29, 0.717) is 5.56 Å². The summed E-state index contributed by atoms with van der Waals surface area (Å²) in [6.45, 7) is 5.47. The third-order valence-electron chi connectivity index (χ3n) is 3.46. The molecule has 1 aromatic rings. The van der Waals surface area contributed by atoms with Crippen LogP contribution in [-0.4, -0.2) is 36.0 Å². The average molecular weight is 268 g/mol. The number of hydrogen-bond donors (Lipinski definition) is 1. The summed E-state index contributed by atoms with van der Waals surface area (Å²) in [5, 5.41) is 3.25. The minimum Gasteiger partial charge on any atom is -0.334 e. The Morgan fingerprint density at radius 3 is 2.47 bits per heavy atom. The van der Waals surface area contributed by atoms with Gasteiger partial charge < -0.3 is 10.2 Å². The Kier molecular flexibility index (Phi) is 4.14. The van der Waals surface area contributed by atoms with E-state index in [1.165, 1.54) is 6.07 Å². The molecule has 0 spiro atoms. The molecule has 1 saturated heterocycles. The van der Waals surface area contributed by atoms with Crippen LogP contribution in [0.5, 0.6) is 0 Å². The standard InChI is InChI=1S/C14H18F2N2O/c1-9-7-17-8-10(2)18(9)14(19)6-11-3-4-12(15)13(16)5-11/h3-5,9-10,17H,6-8H2,1-2H3. The number of amides is 1. The van der Waals surface area contributed by atoms with Crippen molar-refractivity contribution in [2.24, 2.45) is 0 Å². The van der Waals surface area contributed by atoms with Crippen LogP contribution in [0.4, 0.5) is 8.78 Å². The molecule has 1 N–H and O–H groups in total. The van der Waals surface area contributed by atoms with Crippen LogP contribution in [0.1, 0.15) is 19.4 Å². The number of rotatable bonds is 2. The third-order valence-corrected chi connectivity index (χ3v) is 3.46. The number of hydrogen-bond acceptors (Lipinski definition) is 2. The highest BCUT2D eigenvalue weighted by Crippen LogP contribution is 2.14. The van der Waals surface area contributed by atoms with Gasteiger partial charge in [0.25, 0.3) is 0 Å². The highest BCUT2D eigenvalue weighted by atomic mass is 19.2. The van der Waals surface area contributed by atoms with Gasteiger partial charge in [0.1, 0.15) is 0 Å². The van der Waals surface area contributed by atoms with E-state index < -0.39 is 11.6 Å². The van der Waals surface area contributed by atoms with Crippen molar-refractivity contribution in [2.45, 2.75) is 32.4 Å². The molecule has 1 aliphatic rings. The number of carbonyl (C=O) groups is 1. The Hall–Kier alpha value is -1.49. The smallest absolute Gasteiger partial charge is 0.227 e. The van der Waals surface area contributed by atoms with Crippen LogP contribution in [0.2, 0.25) is 0 Å². The summed E-state index contributed by atoms with van der Waals surface area (Å²) in [5.41, 5.74) is 0.502. The van der Waals surface area contributed by atoms with Crippen LogP contribution in [0.3, 0.4) is 0 Å². The van der Waals surface area contributed by atoms with Gasteiger partial charge in [-0.05, 0) is 31.5 Å². The summed E-state index contributed by atoms with van der Waals surface area (Å²) in [4.78, 5) is 14.1. The molecule has 2 unspecified atom stereocenters. The molecule has 0 aromatic heterocycles. The quantitative estimate of drug-likeness (QED) is 0.885. The molecular formula is C14H18F2N2O. The molecule has 1 amide bonds. The lowest BCUT2D eigenvalue weighted by atomic mass is 10.1. The SMILES string of the molecule is CC1CNCC(C)N1C(=O)Cc1ccc(F)c(F)c1. The molecular weight excluding hydrogens is 250 g/mol. The van der Waals surface area contributed by atoms with Crippen LogP contribution in [0.15, 0.2) is 18.2 Å². The monoisotopic (exact) mass is 268 g/mol. The van der Waals surface area contributed by atoms with Gasteiger partial charge in [0.05, 0.1) is 6.42 Å². The average Bonchev–Trinajstić information content (AvgIpc) is 2.33. The van der Waals surface area contributed by atoms with Crippen molar-refractivity contribution in [1.29, 1.82) is 0 Å². The fourth-order valence-electron chi connectivity index (χ4n) is 2.54. The van der Waals surface area contributed by atoms with Crippen LogP contribution < -0.4 is 5.32 Å². The van der Waals surface area contributed by atoms with Crippen molar-refractivity contribution in [3.63, 3.8) is 0 Å². The lowest BCUT2D eigenvalue weighted by Gasteiger charge is -2.39. The van der Waals surface area contributed by atoms with Crippen LogP contribution in [0.25, 0.3) is 0 Å². The van der Waals surface area contributed by atoms with Crippen LogP contribution in [0, 0.1) is 11.6 Å².